The number of carbonyl (C=O) groups excluding carboxylic acids is 1. The number of likely N-dealkylation sites (tertiary alicyclic amines) is 1. The summed E-state index contributed by atoms with van der Waals surface area (Å²) in [5.74, 6) is 1.47. The number of hydrogen-bond donors (Lipinski definition) is 0. The van der Waals surface area contributed by atoms with Crippen LogP contribution in [0.5, 0.6) is 11.6 Å². The van der Waals surface area contributed by atoms with Gasteiger partial charge in [0.25, 0.3) is 0 Å². The maximum Gasteiger partial charge on any atom is 0.410 e. The molecule has 0 atom stereocenters. The Morgan fingerprint density at radius 3 is 2.27 bits per heavy atom. The van der Waals surface area contributed by atoms with Crippen LogP contribution in [0.3, 0.4) is 0 Å². The number of aromatic nitrogens is 2. The largest absolute Gasteiger partial charge is 0.490 e. The molecule has 0 unspecified atom stereocenters. The van der Waals surface area contributed by atoms with Gasteiger partial charge < -0.3 is 19.1 Å². The van der Waals surface area contributed by atoms with Gasteiger partial charge in [-0.15, -0.1) is 5.10 Å². The van der Waals surface area contributed by atoms with Gasteiger partial charge >= 0.3 is 6.09 Å². The highest BCUT2D eigenvalue weighted by molar-refractivity contribution is 5.68. The van der Waals surface area contributed by atoms with Gasteiger partial charge in [0.2, 0.25) is 5.88 Å². The second kappa shape index (κ2) is 12.6. The molecule has 0 bridgehead atoms. The van der Waals surface area contributed by atoms with E-state index in [9.17, 15) is 4.79 Å². The number of amides is 1. The molecule has 7 nitrogen and oxygen atoms in total. The Balaban J connectivity index is 1.41. The Hall–Kier alpha value is -2.83. The number of ether oxygens (including phenoxy) is 3. The quantitative estimate of drug-likeness (QED) is 0.382. The van der Waals surface area contributed by atoms with E-state index in [2.05, 4.69) is 41.4 Å². The van der Waals surface area contributed by atoms with Crippen molar-refractivity contribution >= 4 is 6.09 Å². The van der Waals surface area contributed by atoms with E-state index < -0.39 is 5.60 Å². The SMILES string of the molecule is CCCCc1nnc(OC2CCN(C(=O)OC(C)(C)C)CC2)cc1-c1ccc(OC2CCCCC2)cc1. The number of rotatable bonds is 8. The summed E-state index contributed by atoms with van der Waals surface area (Å²) in [6.07, 6.45) is 10.7. The van der Waals surface area contributed by atoms with Gasteiger partial charge in [-0.1, -0.05) is 31.9 Å². The molecule has 0 radical (unpaired) electrons. The molecule has 2 aromatic rings. The fraction of sp³-hybridized carbons (Fsp3) is 0.633. The molecule has 0 spiro atoms. The standard InChI is InChI=1S/C30H43N3O4/c1-5-6-12-27-26(22-13-15-24(16-14-22)35-23-10-8-7-9-11-23)21-28(32-31-27)36-25-17-19-33(20-18-25)29(34)37-30(2,3)4/h13-16,21,23,25H,5-12,17-20H2,1-4H3. The molecule has 37 heavy (non-hydrogen) atoms. The van der Waals surface area contributed by atoms with Crippen LogP contribution >= 0.6 is 0 Å². The first-order chi connectivity index (χ1) is 17.8. The molecule has 2 heterocycles. The Morgan fingerprint density at radius 1 is 0.946 bits per heavy atom. The second-order valence-corrected chi connectivity index (χ2v) is 11.3. The topological polar surface area (TPSA) is 73.8 Å². The lowest BCUT2D eigenvalue weighted by Gasteiger charge is -2.33. The van der Waals surface area contributed by atoms with E-state index in [1.165, 1.54) is 19.3 Å². The maximum absolute atomic E-state index is 12.4. The van der Waals surface area contributed by atoms with Crippen molar-refractivity contribution in [2.75, 3.05) is 13.1 Å². The van der Waals surface area contributed by atoms with Gasteiger partial charge in [0.15, 0.2) is 0 Å². The van der Waals surface area contributed by atoms with Gasteiger partial charge in [-0.25, -0.2) is 4.79 Å². The van der Waals surface area contributed by atoms with Gasteiger partial charge in [-0.3, -0.25) is 0 Å². The third-order valence-electron chi connectivity index (χ3n) is 7.02. The molecule has 1 aliphatic carbocycles. The Kier molecular flexibility index (Phi) is 9.28. The van der Waals surface area contributed by atoms with Crippen LogP contribution < -0.4 is 9.47 Å². The maximum atomic E-state index is 12.4. The van der Waals surface area contributed by atoms with Crippen molar-refractivity contribution in [2.24, 2.45) is 0 Å². The van der Waals surface area contributed by atoms with E-state index in [4.69, 9.17) is 14.2 Å². The number of benzene rings is 1. The molecule has 1 aromatic carbocycles. The van der Waals surface area contributed by atoms with E-state index in [0.29, 0.717) is 25.1 Å². The number of piperidine rings is 1. The first kappa shape index (κ1) is 27.2. The number of carbonyl (C=O) groups is 1. The summed E-state index contributed by atoms with van der Waals surface area (Å²) < 4.78 is 18.0. The van der Waals surface area contributed by atoms with Crippen molar-refractivity contribution in [1.29, 1.82) is 0 Å². The lowest BCUT2D eigenvalue weighted by Crippen LogP contribution is -2.44. The van der Waals surface area contributed by atoms with E-state index in [0.717, 1.165) is 67.5 Å². The van der Waals surface area contributed by atoms with Crippen molar-refractivity contribution in [1.82, 2.24) is 15.1 Å². The number of aryl methyl sites for hydroxylation is 1. The fourth-order valence-electron chi connectivity index (χ4n) is 4.98. The zero-order valence-corrected chi connectivity index (χ0v) is 23.0. The molecular weight excluding hydrogens is 466 g/mol. The zero-order valence-electron chi connectivity index (χ0n) is 23.0. The van der Waals surface area contributed by atoms with Gasteiger partial charge in [0, 0.05) is 37.6 Å². The highest BCUT2D eigenvalue weighted by Crippen LogP contribution is 2.30. The molecule has 1 aromatic heterocycles. The number of hydrogen-bond acceptors (Lipinski definition) is 6. The highest BCUT2D eigenvalue weighted by atomic mass is 16.6. The molecule has 1 amide bonds. The minimum absolute atomic E-state index is 0.00593. The van der Waals surface area contributed by atoms with Gasteiger partial charge in [-0.2, -0.15) is 5.10 Å². The van der Waals surface area contributed by atoms with Gasteiger partial charge in [0.1, 0.15) is 17.5 Å². The van der Waals surface area contributed by atoms with Gasteiger partial charge in [-0.05, 0) is 77.0 Å². The Bertz CT molecular complexity index is 1000. The number of unbranched alkanes of at least 4 members (excludes halogenated alkanes) is 1. The summed E-state index contributed by atoms with van der Waals surface area (Å²) in [4.78, 5) is 14.1. The van der Waals surface area contributed by atoms with E-state index in [-0.39, 0.29) is 12.2 Å². The van der Waals surface area contributed by atoms with Crippen LogP contribution in [0.25, 0.3) is 11.1 Å². The second-order valence-electron chi connectivity index (χ2n) is 11.3. The van der Waals surface area contributed by atoms with Crippen molar-refractivity contribution < 1.29 is 19.0 Å². The minimum Gasteiger partial charge on any atom is -0.490 e. The average molecular weight is 510 g/mol. The van der Waals surface area contributed by atoms with E-state index in [1.807, 2.05) is 26.8 Å². The number of nitrogens with zero attached hydrogens (tertiary/aromatic N) is 3. The first-order valence-electron chi connectivity index (χ1n) is 14.1. The van der Waals surface area contributed by atoms with Crippen LogP contribution in [-0.4, -0.2) is 52.1 Å². The van der Waals surface area contributed by atoms with Crippen LogP contribution in [0.1, 0.15) is 91.2 Å². The lowest BCUT2D eigenvalue weighted by molar-refractivity contribution is 0.0122. The average Bonchev–Trinajstić information content (AvgIpc) is 2.88. The smallest absolute Gasteiger partial charge is 0.410 e. The summed E-state index contributed by atoms with van der Waals surface area (Å²) >= 11 is 0. The Morgan fingerprint density at radius 2 is 1.62 bits per heavy atom. The molecule has 0 N–H and O–H groups in total. The van der Waals surface area contributed by atoms with Crippen molar-refractivity contribution in [3.8, 4) is 22.8 Å². The summed E-state index contributed by atoms with van der Waals surface area (Å²) in [7, 11) is 0. The van der Waals surface area contributed by atoms with Crippen LogP contribution in [0.15, 0.2) is 30.3 Å². The lowest BCUT2D eigenvalue weighted by atomic mass is 9.97. The van der Waals surface area contributed by atoms with Crippen molar-refractivity contribution in [2.45, 2.75) is 110 Å². The summed E-state index contributed by atoms with van der Waals surface area (Å²) in [6, 6.07) is 10.4. The molecule has 4 rings (SSSR count). The molecule has 1 aliphatic heterocycles. The molecule has 2 fully saturated rings. The predicted molar refractivity (Wildman–Crippen MR) is 145 cm³/mol. The van der Waals surface area contributed by atoms with Crippen molar-refractivity contribution in [3.05, 3.63) is 36.0 Å². The van der Waals surface area contributed by atoms with Crippen LogP contribution in [-0.2, 0) is 11.2 Å². The van der Waals surface area contributed by atoms with Crippen molar-refractivity contribution in [3.63, 3.8) is 0 Å². The van der Waals surface area contributed by atoms with E-state index >= 15 is 0 Å². The minimum atomic E-state index is -0.490. The highest BCUT2D eigenvalue weighted by Gasteiger charge is 2.28. The summed E-state index contributed by atoms with van der Waals surface area (Å²) in [5, 5.41) is 8.97. The molecular formula is C30H43N3O4. The zero-order chi connectivity index (χ0) is 26.3. The molecule has 7 heteroatoms. The van der Waals surface area contributed by atoms with E-state index in [1.54, 1.807) is 4.90 Å². The van der Waals surface area contributed by atoms with Crippen LogP contribution in [0.4, 0.5) is 4.79 Å². The normalized spacial score (nSPS) is 17.5. The fourth-order valence-corrected chi connectivity index (χ4v) is 4.98. The Labute approximate surface area is 221 Å². The van der Waals surface area contributed by atoms with Gasteiger partial charge in [0.05, 0.1) is 11.8 Å². The van der Waals surface area contributed by atoms with Crippen LogP contribution in [0.2, 0.25) is 0 Å². The molecule has 1 saturated heterocycles. The van der Waals surface area contributed by atoms with Crippen LogP contribution in [0, 0.1) is 0 Å². The third-order valence-corrected chi connectivity index (χ3v) is 7.02. The molecule has 202 valence electrons. The third kappa shape index (κ3) is 8.08. The monoisotopic (exact) mass is 509 g/mol. The first-order valence-corrected chi connectivity index (χ1v) is 14.1. The molecule has 1 saturated carbocycles. The summed E-state index contributed by atoms with van der Waals surface area (Å²) in [6.45, 7) is 9.06. The summed E-state index contributed by atoms with van der Waals surface area (Å²) in [5.41, 5.74) is 2.67. The molecule has 2 aliphatic rings. The predicted octanol–water partition coefficient (Wildman–Crippen LogP) is 6.98.